The summed E-state index contributed by atoms with van der Waals surface area (Å²) in [6.45, 7) is 0. The first-order valence-corrected chi connectivity index (χ1v) is 4.93. The summed E-state index contributed by atoms with van der Waals surface area (Å²) >= 11 is 3.59. The maximum atomic E-state index is 4.13. The topological polar surface area (TPSA) is 12.4 Å². The lowest BCUT2D eigenvalue weighted by atomic mass is 10.5. The van der Waals surface area contributed by atoms with Crippen molar-refractivity contribution in [2.24, 2.45) is 4.99 Å². The summed E-state index contributed by atoms with van der Waals surface area (Å²) in [5.74, 6) is 1.10. The summed E-state index contributed by atoms with van der Waals surface area (Å²) in [7, 11) is 1.84. The van der Waals surface area contributed by atoms with Gasteiger partial charge in [-0.05, 0) is 6.26 Å². The van der Waals surface area contributed by atoms with Crippen LogP contribution < -0.4 is 0 Å². The highest BCUT2D eigenvalue weighted by atomic mass is 32.2. The Morgan fingerprint density at radius 2 is 2.56 bits per heavy atom. The van der Waals surface area contributed by atoms with Crippen LogP contribution in [0, 0.1) is 0 Å². The lowest BCUT2D eigenvalue weighted by molar-refractivity contribution is 1.47. The van der Waals surface area contributed by atoms with E-state index in [-0.39, 0.29) is 0 Å². The molecule has 0 aliphatic carbocycles. The van der Waals surface area contributed by atoms with E-state index < -0.39 is 0 Å². The fourth-order valence-corrected chi connectivity index (χ4v) is 2.51. The lowest BCUT2D eigenvalue weighted by Gasteiger charge is -1.95. The van der Waals surface area contributed by atoms with E-state index in [9.17, 15) is 0 Å². The predicted octanol–water partition coefficient (Wildman–Crippen LogP) is 2.01. The second kappa shape index (κ2) is 3.32. The van der Waals surface area contributed by atoms with Crippen LogP contribution in [0.15, 0.2) is 16.0 Å². The first-order valence-electron chi connectivity index (χ1n) is 2.72. The first-order chi connectivity index (χ1) is 4.38. The van der Waals surface area contributed by atoms with E-state index in [4.69, 9.17) is 0 Å². The molecule has 1 heterocycles. The number of rotatable bonds is 1. The quantitative estimate of drug-likeness (QED) is 0.580. The van der Waals surface area contributed by atoms with Crippen LogP contribution in [0.3, 0.4) is 0 Å². The van der Waals surface area contributed by atoms with Gasteiger partial charge in [-0.1, -0.05) is 6.08 Å². The molecule has 0 spiro atoms. The Hall–Kier alpha value is 0.110. The summed E-state index contributed by atoms with van der Waals surface area (Å²) < 4.78 is 0. The summed E-state index contributed by atoms with van der Waals surface area (Å²) in [5.41, 5.74) is 0. The molecule has 1 nitrogen and oxygen atoms in total. The van der Waals surface area contributed by atoms with Gasteiger partial charge in [-0.3, -0.25) is 4.99 Å². The fraction of sp³-hybridized carbons (Fsp3) is 0.500. The van der Waals surface area contributed by atoms with Crippen LogP contribution in [0.1, 0.15) is 0 Å². The van der Waals surface area contributed by atoms with Crippen molar-refractivity contribution in [2.45, 2.75) is 0 Å². The van der Waals surface area contributed by atoms with Crippen molar-refractivity contribution in [3.8, 4) is 0 Å². The molecular weight excluding hydrogens is 150 g/mol. The highest BCUT2D eigenvalue weighted by Crippen LogP contribution is 2.27. The van der Waals surface area contributed by atoms with Crippen LogP contribution >= 0.6 is 23.5 Å². The Morgan fingerprint density at radius 1 is 1.78 bits per heavy atom. The SMILES string of the molecule is CN=C1SCC=C1SC. The third kappa shape index (κ3) is 1.52. The molecule has 0 bridgehead atoms. The van der Waals surface area contributed by atoms with E-state index in [2.05, 4.69) is 17.3 Å². The van der Waals surface area contributed by atoms with Crippen LogP contribution in [0.25, 0.3) is 0 Å². The highest BCUT2D eigenvalue weighted by molar-refractivity contribution is 8.18. The number of aliphatic imine (C=N–C) groups is 1. The second-order valence-corrected chi connectivity index (χ2v) is 3.47. The summed E-state index contributed by atoms with van der Waals surface area (Å²) in [6, 6.07) is 0. The molecule has 1 rings (SSSR count). The molecule has 0 saturated heterocycles. The minimum Gasteiger partial charge on any atom is -0.281 e. The standard InChI is InChI=1S/C6H9NS2/c1-7-6-5(8-2)3-4-9-6/h3H,4H2,1-2H3. The third-order valence-corrected chi connectivity index (χ3v) is 3.06. The van der Waals surface area contributed by atoms with Crippen LogP contribution in [0.5, 0.6) is 0 Å². The molecular formula is C6H9NS2. The minimum absolute atomic E-state index is 1.10. The zero-order chi connectivity index (χ0) is 6.69. The van der Waals surface area contributed by atoms with Gasteiger partial charge in [0.05, 0.1) is 0 Å². The van der Waals surface area contributed by atoms with Gasteiger partial charge in [-0.15, -0.1) is 23.5 Å². The zero-order valence-corrected chi connectivity index (χ0v) is 7.18. The molecule has 9 heavy (non-hydrogen) atoms. The molecule has 0 aromatic heterocycles. The molecule has 0 atom stereocenters. The molecule has 0 amide bonds. The normalized spacial score (nSPS) is 22.9. The maximum absolute atomic E-state index is 4.13. The molecule has 1 aliphatic rings. The number of hydrogen-bond acceptors (Lipinski definition) is 3. The highest BCUT2D eigenvalue weighted by Gasteiger charge is 2.10. The molecule has 0 N–H and O–H groups in total. The van der Waals surface area contributed by atoms with Crippen molar-refractivity contribution in [1.29, 1.82) is 0 Å². The average Bonchev–Trinajstić information content (AvgIpc) is 2.33. The van der Waals surface area contributed by atoms with E-state index in [1.54, 1.807) is 11.8 Å². The van der Waals surface area contributed by atoms with Crippen molar-refractivity contribution < 1.29 is 0 Å². The molecule has 1 aliphatic heterocycles. The van der Waals surface area contributed by atoms with Crippen molar-refractivity contribution in [2.75, 3.05) is 19.1 Å². The third-order valence-electron chi connectivity index (χ3n) is 1.12. The van der Waals surface area contributed by atoms with Gasteiger partial charge in [0, 0.05) is 17.7 Å². The molecule has 50 valence electrons. The van der Waals surface area contributed by atoms with E-state index in [1.807, 2.05) is 18.8 Å². The summed E-state index contributed by atoms with van der Waals surface area (Å²) in [4.78, 5) is 5.47. The fourth-order valence-electron chi connectivity index (χ4n) is 0.700. The van der Waals surface area contributed by atoms with Gasteiger partial charge in [0.1, 0.15) is 5.04 Å². The molecule has 0 radical (unpaired) electrons. The van der Waals surface area contributed by atoms with Gasteiger partial charge < -0.3 is 0 Å². The zero-order valence-electron chi connectivity index (χ0n) is 5.55. The predicted molar refractivity (Wildman–Crippen MR) is 47.4 cm³/mol. The van der Waals surface area contributed by atoms with Crippen LogP contribution in [-0.2, 0) is 0 Å². The average molecular weight is 159 g/mol. The molecule has 0 saturated carbocycles. The van der Waals surface area contributed by atoms with Crippen molar-refractivity contribution in [3.63, 3.8) is 0 Å². The molecule has 0 aromatic rings. The number of thioether (sulfide) groups is 2. The first kappa shape index (κ1) is 7.22. The Labute approximate surface area is 64.0 Å². The number of hydrogen-bond donors (Lipinski definition) is 0. The Bertz CT molecular complexity index is 160. The van der Waals surface area contributed by atoms with E-state index in [1.165, 1.54) is 9.95 Å². The van der Waals surface area contributed by atoms with Gasteiger partial charge >= 0.3 is 0 Å². The molecule has 0 aromatic carbocycles. The monoisotopic (exact) mass is 159 g/mol. The van der Waals surface area contributed by atoms with Gasteiger partial charge in [-0.25, -0.2) is 0 Å². The van der Waals surface area contributed by atoms with Gasteiger partial charge in [-0.2, -0.15) is 0 Å². The van der Waals surface area contributed by atoms with E-state index in [0.717, 1.165) is 5.75 Å². The molecule has 3 heteroatoms. The van der Waals surface area contributed by atoms with Crippen LogP contribution in [-0.4, -0.2) is 24.1 Å². The van der Waals surface area contributed by atoms with Gasteiger partial charge in [0.25, 0.3) is 0 Å². The summed E-state index contributed by atoms with van der Waals surface area (Å²) in [5, 5.41) is 1.20. The lowest BCUT2D eigenvalue weighted by Crippen LogP contribution is -1.85. The van der Waals surface area contributed by atoms with Crippen molar-refractivity contribution in [1.82, 2.24) is 0 Å². The van der Waals surface area contributed by atoms with Gasteiger partial charge in [0.2, 0.25) is 0 Å². The second-order valence-electron chi connectivity index (χ2n) is 1.61. The van der Waals surface area contributed by atoms with E-state index >= 15 is 0 Å². The molecule has 0 fully saturated rings. The Balaban J connectivity index is 2.69. The Kier molecular flexibility index (Phi) is 2.66. The summed E-state index contributed by atoms with van der Waals surface area (Å²) in [6.07, 6.45) is 4.31. The van der Waals surface area contributed by atoms with Crippen LogP contribution in [0.2, 0.25) is 0 Å². The minimum atomic E-state index is 1.10. The molecule has 0 unspecified atom stereocenters. The largest absolute Gasteiger partial charge is 0.281 e. The van der Waals surface area contributed by atoms with Crippen molar-refractivity contribution in [3.05, 3.63) is 11.0 Å². The van der Waals surface area contributed by atoms with Gasteiger partial charge in [0.15, 0.2) is 0 Å². The van der Waals surface area contributed by atoms with Crippen LogP contribution in [0.4, 0.5) is 0 Å². The van der Waals surface area contributed by atoms with Crippen molar-refractivity contribution >= 4 is 28.6 Å². The smallest absolute Gasteiger partial charge is 0.104 e. The number of nitrogens with zero attached hydrogens (tertiary/aromatic N) is 1. The maximum Gasteiger partial charge on any atom is 0.104 e. The van der Waals surface area contributed by atoms with E-state index in [0.29, 0.717) is 0 Å². The Morgan fingerprint density at radius 3 is 3.00 bits per heavy atom.